The summed E-state index contributed by atoms with van der Waals surface area (Å²) in [6, 6.07) is 13.2. The zero-order valence-electron chi connectivity index (χ0n) is 10.6. The Hall–Kier alpha value is -2.14. The van der Waals surface area contributed by atoms with Gasteiger partial charge in [0.1, 0.15) is 5.75 Å². The molecule has 19 heavy (non-hydrogen) atoms. The van der Waals surface area contributed by atoms with E-state index in [1.54, 1.807) is 12.3 Å². The van der Waals surface area contributed by atoms with E-state index in [1.165, 1.54) is 0 Å². The number of hydrogen-bond acceptors (Lipinski definition) is 3. The summed E-state index contributed by atoms with van der Waals surface area (Å²) < 4.78 is 5.60. The third-order valence-electron chi connectivity index (χ3n) is 2.30. The summed E-state index contributed by atoms with van der Waals surface area (Å²) in [5, 5.41) is 6.63. The van der Waals surface area contributed by atoms with Crippen LogP contribution in [-0.2, 0) is 0 Å². The maximum atomic E-state index is 5.60. The SMILES string of the molecule is CCNC(=S)Nc1ccc(Oc2ccccc2)nc1. The van der Waals surface area contributed by atoms with E-state index in [2.05, 4.69) is 15.6 Å². The Kier molecular flexibility index (Phi) is 4.69. The van der Waals surface area contributed by atoms with Crippen LogP contribution in [0.15, 0.2) is 48.7 Å². The molecule has 98 valence electrons. The molecule has 2 aromatic rings. The Morgan fingerprint density at radius 3 is 2.63 bits per heavy atom. The third kappa shape index (κ3) is 4.22. The lowest BCUT2D eigenvalue weighted by molar-refractivity contribution is 0.463. The van der Waals surface area contributed by atoms with Gasteiger partial charge in [-0.15, -0.1) is 0 Å². The summed E-state index contributed by atoms with van der Waals surface area (Å²) in [5.41, 5.74) is 0.825. The average molecular weight is 273 g/mol. The van der Waals surface area contributed by atoms with Gasteiger partial charge in [-0.05, 0) is 37.3 Å². The van der Waals surface area contributed by atoms with Gasteiger partial charge >= 0.3 is 0 Å². The van der Waals surface area contributed by atoms with Crippen LogP contribution in [0, 0.1) is 0 Å². The number of benzene rings is 1. The van der Waals surface area contributed by atoms with E-state index in [-0.39, 0.29) is 0 Å². The second-order valence-electron chi connectivity index (χ2n) is 3.78. The average Bonchev–Trinajstić information content (AvgIpc) is 2.42. The number of nitrogens with zero attached hydrogens (tertiary/aromatic N) is 1. The highest BCUT2D eigenvalue weighted by atomic mass is 32.1. The molecule has 4 nitrogen and oxygen atoms in total. The van der Waals surface area contributed by atoms with Crippen molar-refractivity contribution in [1.29, 1.82) is 0 Å². The Morgan fingerprint density at radius 2 is 2.00 bits per heavy atom. The summed E-state index contributed by atoms with van der Waals surface area (Å²) in [5.74, 6) is 1.31. The number of anilines is 1. The van der Waals surface area contributed by atoms with Gasteiger partial charge in [-0.25, -0.2) is 4.98 Å². The predicted molar refractivity (Wildman–Crippen MR) is 80.7 cm³/mol. The Bertz CT molecular complexity index is 528. The van der Waals surface area contributed by atoms with Gasteiger partial charge in [0.25, 0.3) is 0 Å². The first-order valence-electron chi connectivity index (χ1n) is 6.01. The molecule has 0 bridgehead atoms. The van der Waals surface area contributed by atoms with Crippen LogP contribution >= 0.6 is 12.2 Å². The van der Waals surface area contributed by atoms with E-state index in [4.69, 9.17) is 17.0 Å². The van der Waals surface area contributed by atoms with E-state index >= 15 is 0 Å². The molecular weight excluding hydrogens is 258 g/mol. The molecule has 1 aromatic heterocycles. The molecule has 2 rings (SSSR count). The summed E-state index contributed by atoms with van der Waals surface area (Å²) in [7, 11) is 0. The summed E-state index contributed by atoms with van der Waals surface area (Å²) in [6.07, 6.45) is 1.68. The van der Waals surface area contributed by atoms with Gasteiger partial charge in [-0.2, -0.15) is 0 Å². The van der Waals surface area contributed by atoms with E-state index in [9.17, 15) is 0 Å². The molecule has 0 saturated carbocycles. The van der Waals surface area contributed by atoms with Crippen molar-refractivity contribution in [3.05, 3.63) is 48.7 Å². The monoisotopic (exact) mass is 273 g/mol. The number of nitrogens with one attached hydrogen (secondary N) is 2. The van der Waals surface area contributed by atoms with Crippen LogP contribution in [0.2, 0.25) is 0 Å². The highest BCUT2D eigenvalue weighted by Gasteiger charge is 2.00. The molecule has 5 heteroatoms. The van der Waals surface area contributed by atoms with E-state index < -0.39 is 0 Å². The fourth-order valence-corrected chi connectivity index (χ4v) is 1.72. The standard InChI is InChI=1S/C14H15N3OS/c1-2-15-14(19)17-11-8-9-13(16-10-11)18-12-6-4-3-5-7-12/h3-10H,2H2,1H3,(H2,15,17,19). The second-order valence-corrected chi connectivity index (χ2v) is 4.19. The van der Waals surface area contributed by atoms with Gasteiger partial charge in [-0.1, -0.05) is 18.2 Å². The summed E-state index contributed by atoms with van der Waals surface area (Å²) in [4.78, 5) is 4.22. The molecule has 0 unspecified atom stereocenters. The molecule has 1 heterocycles. The van der Waals surface area contributed by atoms with Gasteiger partial charge in [0.2, 0.25) is 5.88 Å². The first kappa shape index (κ1) is 13.3. The first-order valence-corrected chi connectivity index (χ1v) is 6.42. The van der Waals surface area contributed by atoms with Crippen molar-refractivity contribution in [3.63, 3.8) is 0 Å². The number of hydrogen-bond donors (Lipinski definition) is 2. The molecule has 0 atom stereocenters. The number of ether oxygens (including phenoxy) is 1. The van der Waals surface area contributed by atoms with Crippen LogP contribution in [-0.4, -0.2) is 16.6 Å². The number of thiocarbonyl (C=S) groups is 1. The summed E-state index contributed by atoms with van der Waals surface area (Å²) >= 11 is 5.09. The topological polar surface area (TPSA) is 46.2 Å². The van der Waals surface area contributed by atoms with Crippen molar-refractivity contribution in [1.82, 2.24) is 10.3 Å². The van der Waals surface area contributed by atoms with Crippen molar-refractivity contribution >= 4 is 23.0 Å². The largest absolute Gasteiger partial charge is 0.439 e. The van der Waals surface area contributed by atoms with Crippen molar-refractivity contribution in [2.75, 3.05) is 11.9 Å². The molecule has 0 spiro atoms. The molecule has 2 N–H and O–H groups in total. The van der Waals surface area contributed by atoms with Crippen molar-refractivity contribution in [2.24, 2.45) is 0 Å². The van der Waals surface area contributed by atoms with Gasteiger partial charge in [0.15, 0.2) is 5.11 Å². The second kappa shape index (κ2) is 6.70. The van der Waals surface area contributed by atoms with E-state index in [1.807, 2.05) is 43.3 Å². The van der Waals surface area contributed by atoms with Crippen molar-refractivity contribution in [2.45, 2.75) is 6.92 Å². The van der Waals surface area contributed by atoms with Crippen molar-refractivity contribution < 1.29 is 4.74 Å². The number of rotatable bonds is 4. The summed E-state index contributed by atoms with van der Waals surface area (Å²) in [6.45, 7) is 2.78. The minimum Gasteiger partial charge on any atom is -0.439 e. The van der Waals surface area contributed by atoms with Gasteiger partial charge in [-0.3, -0.25) is 0 Å². The number of para-hydroxylation sites is 1. The van der Waals surface area contributed by atoms with Crippen LogP contribution in [0.4, 0.5) is 5.69 Å². The lowest BCUT2D eigenvalue weighted by Crippen LogP contribution is -2.27. The molecule has 0 aliphatic carbocycles. The maximum absolute atomic E-state index is 5.60. The first-order chi connectivity index (χ1) is 9.28. The fraction of sp³-hybridized carbons (Fsp3) is 0.143. The lowest BCUT2D eigenvalue weighted by Gasteiger charge is -2.09. The fourth-order valence-electron chi connectivity index (χ4n) is 1.46. The van der Waals surface area contributed by atoms with Gasteiger partial charge in [0, 0.05) is 12.6 Å². The van der Waals surface area contributed by atoms with E-state index in [0.717, 1.165) is 18.0 Å². The third-order valence-corrected chi connectivity index (χ3v) is 2.54. The van der Waals surface area contributed by atoms with Crippen LogP contribution in [0.1, 0.15) is 6.92 Å². The van der Waals surface area contributed by atoms with Gasteiger partial charge in [0.05, 0.1) is 11.9 Å². The molecule has 0 saturated heterocycles. The predicted octanol–water partition coefficient (Wildman–Crippen LogP) is 3.18. The normalized spacial score (nSPS) is 9.74. The Balaban J connectivity index is 1.97. The Labute approximate surface area is 117 Å². The molecule has 0 fully saturated rings. The van der Waals surface area contributed by atoms with Crippen molar-refractivity contribution in [3.8, 4) is 11.6 Å². The molecule has 0 aliphatic heterocycles. The van der Waals surface area contributed by atoms with Crippen LogP contribution in [0.25, 0.3) is 0 Å². The molecule has 0 radical (unpaired) electrons. The van der Waals surface area contributed by atoms with E-state index in [0.29, 0.717) is 11.0 Å². The number of pyridine rings is 1. The minimum atomic E-state index is 0.547. The zero-order valence-corrected chi connectivity index (χ0v) is 11.4. The van der Waals surface area contributed by atoms with Crippen LogP contribution < -0.4 is 15.4 Å². The lowest BCUT2D eigenvalue weighted by atomic mass is 10.3. The highest BCUT2D eigenvalue weighted by molar-refractivity contribution is 7.80. The Morgan fingerprint density at radius 1 is 1.21 bits per heavy atom. The van der Waals surface area contributed by atoms with Crippen LogP contribution in [0.3, 0.4) is 0 Å². The number of aromatic nitrogens is 1. The van der Waals surface area contributed by atoms with Crippen LogP contribution in [0.5, 0.6) is 11.6 Å². The maximum Gasteiger partial charge on any atom is 0.219 e. The van der Waals surface area contributed by atoms with Gasteiger partial charge < -0.3 is 15.4 Å². The molecule has 0 amide bonds. The molecule has 0 aliphatic rings. The highest BCUT2D eigenvalue weighted by Crippen LogP contribution is 2.19. The quantitative estimate of drug-likeness (QED) is 0.838. The smallest absolute Gasteiger partial charge is 0.219 e. The molecular formula is C14H15N3OS. The molecule has 1 aromatic carbocycles. The zero-order chi connectivity index (χ0) is 13.5. The minimum absolute atomic E-state index is 0.547.